The Labute approximate surface area is 126 Å². The van der Waals surface area contributed by atoms with Gasteiger partial charge in [0.2, 0.25) is 5.91 Å². The number of rotatable bonds is 8. The van der Waals surface area contributed by atoms with Gasteiger partial charge >= 0.3 is 0 Å². The number of nitrogens with one attached hydrogen (secondary N) is 1. The monoisotopic (exact) mass is 291 g/mol. The van der Waals surface area contributed by atoms with Crippen molar-refractivity contribution >= 4 is 17.3 Å². The maximum atomic E-state index is 12.2. The number of carbonyl (C=O) groups excluding carboxylic acids is 1. The van der Waals surface area contributed by atoms with Crippen LogP contribution in [0, 0.1) is 5.92 Å². The van der Waals surface area contributed by atoms with Crippen LogP contribution in [0.5, 0.6) is 0 Å². The molecular formula is C16H25N3O2. The minimum atomic E-state index is -0.0310. The number of anilines is 2. The van der Waals surface area contributed by atoms with Crippen LogP contribution in [0.25, 0.3) is 0 Å². The van der Waals surface area contributed by atoms with Gasteiger partial charge in [0.05, 0.1) is 24.5 Å². The predicted molar refractivity (Wildman–Crippen MR) is 85.1 cm³/mol. The third-order valence-corrected chi connectivity index (χ3v) is 4.04. The van der Waals surface area contributed by atoms with E-state index < -0.39 is 0 Å². The van der Waals surface area contributed by atoms with Gasteiger partial charge in [0.15, 0.2) is 0 Å². The Morgan fingerprint density at radius 1 is 1.48 bits per heavy atom. The summed E-state index contributed by atoms with van der Waals surface area (Å²) in [5.41, 5.74) is 7.11. The number of hydrogen-bond donors (Lipinski definition) is 2. The molecule has 1 aromatic rings. The molecule has 0 radical (unpaired) electrons. The zero-order chi connectivity index (χ0) is 15.2. The zero-order valence-electron chi connectivity index (χ0n) is 12.8. The molecule has 0 spiro atoms. The number of nitrogen functional groups attached to an aromatic ring is 1. The molecule has 1 aromatic carbocycles. The van der Waals surface area contributed by atoms with E-state index in [4.69, 9.17) is 10.5 Å². The number of benzene rings is 1. The van der Waals surface area contributed by atoms with Crippen LogP contribution in [0.2, 0.25) is 0 Å². The Hall–Kier alpha value is -1.59. The fourth-order valence-electron chi connectivity index (χ4n) is 2.50. The molecule has 0 bridgehead atoms. The van der Waals surface area contributed by atoms with Gasteiger partial charge in [-0.2, -0.15) is 0 Å². The normalized spacial score (nSPS) is 16.0. The highest BCUT2D eigenvalue weighted by Gasteiger charge is 2.32. The van der Waals surface area contributed by atoms with E-state index in [9.17, 15) is 4.79 Å². The van der Waals surface area contributed by atoms with Gasteiger partial charge in [-0.15, -0.1) is 0 Å². The van der Waals surface area contributed by atoms with Gasteiger partial charge in [-0.1, -0.05) is 12.1 Å². The molecule has 1 saturated carbocycles. The summed E-state index contributed by atoms with van der Waals surface area (Å²) in [7, 11) is 1.69. The summed E-state index contributed by atoms with van der Waals surface area (Å²) in [6.07, 6.45) is 2.52. The van der Waals surface area contributed by atoms with Gasteiger partial charge in [0, 0.05) is 19.7 Å². The molecule has 5 nitrogen and oxygen atoms in total. The Morgan fingerprint density at radius 3 is 2.81 bits per heavy atom. The lowest BCUT2D eigenvalue weighted by Gasteiger charge is -2.28. The number of methoxy groups -OCH3 is 1. The number of ether oxygens (including phenoxy) is 1. The van der Waals surface area contributed by atoms with Crippen LogP contribution in [0.4, 0.5) is 11.4 Å². The van der Waals surface area contributed by atoms with E-state index in [1.807, 2.05) is 18.2 Å². The maximum absolute atomic E-state index is 12.2. The molecule has 21 heavy (non-hydrogen) atoms. The average molecular weight is 291 g/mol. The highest BCUT2D eigenvalue weighted by atomic mass is 16.5. The first-order chi connectivity index (χ1) is 10.1. The summed E-state index contributed by atoms with van der Waals surface area (Å²) in [5, 5.41) is 2.88. The summed E-state index contributed by atoms with van der Waals surface area (Å²) in [6, 6.07) is 7.73. The van der Waals surface area contributed by atoms with E-state index >= 15 is 0 Å². The van der Waals surface area contributed by atoms with Crippen molar-refractivity contribution in [2.45, 2.75) is 25.8 Å². The van der Waals surface area contributed by atoms with Crippen LogP contribution < -0.4 is 11.1 Å². The molecule has 1 atom stereocenters. The number of hydrogen-bond acceptors (Lipinski definition) is 4. The van der Waals surface area contributed by atoms with Crippen molar-refractivity contribution in [1.29, 1.82) is 0 Å². The molecule has 0 heterocycles. The molecule has 3 N–H and O–H groups in total. The van der Waals surface area contributed by atoms with Gasteiger partial charge in [-0.25, -0.2) is 0 Å². The summed E-state index contributed by atoms with van der Waals surface area (Å²) in [5.74, 6) is 0.688. The lowest BCUT2D eigenvalue weighted by molar-refractivity contribution is -0.118. The smallest absolute Gasteiger partial charge is 0.238 e. The standard InChI is InChI=1S/C16H25N3O2/c1-12(13-7-8-13)19(9-10-21-2)11-16(20)18-15-6-4-3-5-14(15)17/h3-6,12-13H,7-11,17H2,1-2H3,(H,18,20). The summed E-state index contributed by atoms with van der Waals surface area (Å²) in [6.45, 7) is 3.97. The minimum absolute atomic E-state index is 0.0310. The van der Waals surface area contributed by atoms with E-state index in [2.05, 4.69) is 17.1 Å². The second kappa shape index (κ2) is 7.43. The van der Waals surface area contributed by atoms with Crippen molar-refractivity contribution in [2.75, 3.05) is 37.9 Å². The third kappa shape index (κ3) is 4.72. The lowest BCUT2D eigenvalue weighted by Crippen LogP contribution is -2.42. The maximum Gasteiger partial charge on any atom is 0.238 e. The van der Waals surface area contributed by atoms with Crippen LogP contribution >= 0.6 is 0 Å². The molecule has 0 aromatic heterocycles. The van der Waals surface area contributed by atoms with Crippen LogP contribution in [0.15, 0.2) is 24.3 Å². The largest absolute Gasteiger partial charge is 0.397 e. The third-order valence-electron chi connectivity index (χ3n) is 4.04. The summed E-state index contributed by atoms with van der Waals surface area (Å²) >= 11 is 0. The van der Waals surface area contributed by atoms with Crippen LogP contribution in [-0.2, 0) is 9.53 Å². The van der Waals surface area contributed by atoms with E-state index in [1.54, 1.807) is 13.2 Å². The zero-order valence-corrected chi connectivity index (χ0v) is 12.8. The van der Waals surface area contributed by atoms with E-state index in [1.165, 1.54) is 12.8 Å². The highest BCUT2D eigenvalue weighted by Crippen LogP contribution is 2.35. The van der Waals surface area contributed by atoms with E-state index in [0.717, 1.165) is 12.5 Å². The molecule has 5 heteroatoms. The van der Waals surface area contributed by atoms with Gasteiger partial charge in [0.25, 0.3) is 0 Å². The Kier molecular flexibility index (Phi) is 5.59. The van der Waals surface area contributed by atoms with Gasteiger partial charge in [-0.05, 0) is 37.8 Å². The number of carbonyl (C=O) groups is 1. The Bertz CT molecular complexity index is 474. The molecule has 1 unspecified atom stereocenters. The average Bonchev–Trinajstić information content (AvgIpc) is 3.30. The number of nitrogens with zero attached hydrogens (tertiary/aromatic N) is 1. The van der Waals surface area contributed by atoms with Crippen LogP contribution in [0.1, 0.15) is 19.8 Å². The first-order valence-corrected chi connectivity index (χ1v) is 7.49. The highest BCUT2D eigenvalue weighted by molar-refractivity contribution is 5.95. The van der Waals surface area contributed by atoms with Crippen molar-refractivity contribution in [1.82, 2.24) is 4.90 Å². The molecule has 1 aliphatic carbocycles. The van der Waals surface area contributed by atoms with Crippen molar-refractivity contribution in [2.24, 2.45) is 5.92 Å². The van der Waals surface area contributed by atoms with Gasteiger partial charge in [-0.3, -0.25) is 9.69 Å². The minimum Gasteiger partial charge on any atom is -0.397 e. The first-order valence-electron chi connectivity index (χ1n) is 7.49. The van der Waals surface area contributed by atoms with Crippen molar-refractivity contribution in [3.8, 4) is 0 Å². The van der Waals surface area contributed by atoms with E-state index in [-0.39, 0.29) is 5.91 Å². The van der Waals surface area contributed by atoms with Crippen molar-refractivity contribution in [3.05, 3.63) is 24.3 Å². The SMILES string of the molecule is COCCN(CC(=O)Nc1ccccc1N)C(C)C1CC1. The van der Waals surface area contributed by atoms with Crippen LogP contribution in [-0.4, -0.2) is 43.7 Å². The quantitative estimate of drug-likeness (QED) is 0.718. The molecule has 2 rings (SSSR count). The molecular weight excluding hydrogens is 266 g/mol. The Morgan fingerprint density at radius 2 is 2.19 bits per heavy atom. The molecule has 116 valence electrons. The number of nitrogens with two attached hydrogens (primary N) is 1. The van der Waals surface area contributed by atoms with Crippen molar-refractivity contribution in [3.63, 3.8) is 0 Å². The lowest BCUT2D eigenvalue weighted by atomic mass is 10.2. The Balaban J connectivity index is 1.92. The predicted octanol–water partition coefficient (Wildman–Crippen LogP) is 1.95. The molecule has 1 fully saturated rings. The van der Waals surface area contributed by atoms with E-state index in [0.29, 0.717) is 30.6 Å². The van der Waals surface area contributed by atoms with Gasteiger partial charge < -0.3 is 15.8 Å². The number of amides is 1. The second-order valence-electron chi connectivity index (χ2n) is 5.68. The first kappa shape index (κ1) is 15.8. The second-order valence-corrected chi connectivity index (χ2v) is 5.68. The summed E-state index contributed by atoms with van der Waals surface area (Å²) < 4.78 is 5.15. The molecule has 1 aliphatic rings. The number of para-hydroxylation sites is 2. The summed E-state index contributed by atoms with van der Waals surface area (Å²) in [4.78, 5) is 14.4. The molecule has 1 amide bonds. The molecule has 0 saturated heterocycles. The molecule has 0 aliphatic heterocycles. The van der Waals surface area contributed by atoms with Crippen LogP contribution in [0.3, 0.4) is 0 Å². The fraction of sp³-hybridized carbons (Fsp3) is 0.562. The van der Waals surface area contributed by atoms with Crippen molar-refractivity contribution < 1.29 is 9.53 Å². The fourth-order valence-corrected chi connectivity index (χ4v) is 2.50. The topological polar surface area (TPSA) is 67.6 Å². The van der Waals surface area contributed by atoms with Gasteiger partial charge in [0.1, 0.15) is 0 Å².